The van der Waals surface area contributed by atoms with Gasteiger partial charge < -0.3 is 11.1 Å². The highest BCUT2D eigenvalue weighted by molar-refractivity contribution is 9.10. The molecule has 5 heteroatoms. The summed E-state index contributed by atoms with van der Waals surface area (Å²) in [5.74, 6) is 0.252. The largest absolute Gasteiger partial charge is 0.368 e. The molecule has 0 saturated heterocycles. The predicted molar refractivity (Wildman–Crippen MR) is 54.4 cm³/mol. The SMILES string of the molecule is Cc1cc(NCC(N)=O)ncc1Br. The van der Waals surface area contributed by atoms with Crippen LogP contribution < -0.4 is 11.1 Å². The average molecular weight is 244 g/mol. The molecule has 70 valence electrons. The summed E-state index contributed by atoms with van der Waals surface area (Å²) in [6.07, 6.45) is 1.68. The van der Waals surface area contributed by atoms with Gasteiger partial charge in [0, 0.05) is 10.7 Å². The molecule has 0 unspecified atom stereocenters. The van der Waals surface area contributed by atoms with E-state index in [0.29, 0.717) is 5.82 Å². The van der Waals surface area contributed by atoms with Gasteiger partial charge in [0.1, 0.15) is 5.82 Å². The number of rotatable bonds is 3. The summed E-state index contributed by atoms with van der Waals surface area (Å²) in [5, 5.41) is 2.81. The fourth-order valence-corrected chi connectivity index (χ4v) is 1.03. The molecule has 0 aliphatic heterocycles. The van der Waals surface area contributed by atoms with Crippen LogP contribution in [0.5, 0.6) is 0 Å². The van der Waals surface area contributed by atoms with Crippen molar-refractivity contribution in [2.45, 2.75) is 6.92 Å². The summed E-state index contributed by atoms with van der Waals surface area (Å²) in [5.41, 5.74) is 6.03. The second-order valence-electron chi connectivity index (χ2n) is 2.64. The van der Waals surface area contributed by atoms with Crippen molar-refractivity contribution in [2.75, 3.05) is 11.9 Å². The number of hydrogen-bond donors (Lipinski definition) is 2. The Balaban J connectivity index is 2.68. The zero-order chi connectivity index (χ0) is 9.84. The molecule has 3 N–H and O–H groups in total. The molecule has 13 heavy (non-hydrogen) atoms. The van der Waals surface area contributed by atoms with Crippen molar-refractivity contribution >= 4 is 27.7 Å². The molecule has 0 bridgehead atoms. The quantitative estimate of drug-likeness (QED) is 0.834. The first kappa shape index (κ1) is 9.98. The van der Waals surface area contributed by atoms with Gasteiger partial charge in [-0.1, -0.05) is 0 Å². The molecule has 1 amide bonds. The van der Waals surface area contributed by atoms with E-state index in [1.54, 1.807) is 6.20 Å². The number of aromatic nitrogens is 1. The minimum Gasteiger partial charge on any atom is -0.368 e. The maximum Gasteiger partial charge on any atom is 0.236 e. The van der Waals surface area contributed by atoms with Gasteiger partial charge in [-0.3, -0.25) is 4.79 Å². The number of amides is 1. The second-order valence-corrected chi connectivity index (χ2v) is 3.49. The molecule has 1 aromatic heterocycles. The lowest BCUT2D eigenvalue weighted by atomic mass is 10.3. The van der Waals surface area contributed by atoms with Gasteiger partial charge >= 0.3 is 0 Å². The highest BCUT2D eigenvalue weighted by Crippen LogP contribution is 2.16. The third-order valence-corrected chi connectivity index (χ3v) is 2.32. The molecule has 1 heterocycles. The second kappa shape index (κ2) is 4.23. The first-order chi connectivity index (χ1) is 6.09. The van der Waals surface area contributed by atoms with Crippen LogP contribution >= 0.6 is 15.9 Å². The first-order valence-corrected chi connectivity index (χ1v) is 4.53. The van der Waals surface area contributed by atoms with Gasteiger partial charge in [-0.2, -0.15) is 0 Å². The molecular formula is C8H10BrN3O. The molecule has 0 fully saturated rings. The van der Waals surface area contributed by atoms with Crippen molar-refractivity contribution < 1.29 is 4.79 Å². The topological polar surface area (TPSA) is 68.0 Å². The van der Waals surface area contributed by atoms with Crippen LogP contribution in [0.3, 0.4) is 0 Å². The number of aryl methyl sites for hydroxylation is 1. The van der Waals surface area contributed by atoms with Crippen molar-refractivity contribution in [1.82, 2.24) is 4.98 Å². The maximum atomic E-state index is 10.4. The number of primary amides is 1. The number of anilines is 1. The highest BCUT2D eigenvalue weighted by atomic mass is 79.9. The maximum absolute atomic E-state index is 10.4. The van der Waals surface area contributed by atoms with Crippen molar-refractivity contribution in [1.29, 1.82) is 0 Å². The van der Waals surface area contributed by atoms with E-state index < -0.39 is 5.91 Å². The van der Waals surface area contributed by atoms with Crippen LogP contribution in [0.2, 0.25) is 0 Å². The summed E-state index contributed by atoms with van der Waals surface area (Å²) < 4.78 is 0.942. The van der Waals surface area contributed by atoms with E-state index >= 15 is 0 Å². The molecule has 0 saturated carbocycles. The lowest BCUT2D eigenvalue weighted by Crippen LogP contribution is -2.22. The third kappa shape index (κ3) is 3.02. The summed E-state index contributed by atoms with van der Waals surface area (Å²) in [6.45, 7) is 2.05. The normalized spacial score (nSPS) is 9.69. The van der Waals surface area contributed by atoms with E-state index in [-0.39, 0.29) is 6.54 Å². The number of pyridine rings is 1. The number of nitrogens with two attached hydrogens (primary N) is 1. The third-order valence-electron chi connectivity index (χ3n) is 1.49. The Kier molecular flexibility index (Phi) is 3.25. The van der Waals surface area contributed by atoms with E-state index in [1.807, 2.05) is 13.0 Å². The number of nitrogens with zero attached hydrogens (tertiary/aromatic N) is 1. The summed E-state index contributed by atoms with van der Waals surface area (Å²) in [6, 6.07) is 1.84. The fraction of sp³-hybridized carbons (Fsp3) is 0.250. The Bertz CT molecular complexity index is 327. The lowest BCUT2D eigenvalue weighted by molar-refractivity contribution is -0.116. The van der Waals surface area contributed by atoms with Crippen molar-refractivity contribution in [3.05, 3.63) is 22.3 Å². The standard InChI is InChI=1S/C8H10BrN3O/c1-5-2-8(11-3-6(5)9)12-4-7(10)13/h2-3H,4H2,1H3,(H2,10,13)(H,11,12). The molecule has 1 aromatic rings. The molecule has 0 aliphatic carbocycles. The van der Waals surface area contributed by atoms with Gasteiger partial charge in [-0.15, -0.1) is 0 Å². The van der Waals surface area contributed by atoms with Crippen LogP contribution in [0.15, 0.2) is 16.7 Å². The Morgan fingerprint density at radius 3 is 3.00 bits per heavy atom. The Labute approximate surface area is 84.7 Å². The highest BCUT2D eigenvalue weighted by Gasteiger charge is 1.99. The Hall–Kier alpha value is -1.10. The molecule has 0 radical (unpaired) electrons. The van der Waals surface area contributed by atoms with Crippen LogP contribution in [0.1, 0.15) is 5.56 Å². The number of carbonyl (C=O) groups is 1. The fourth-order valence-electron chi connectivity index (χ4n) is 0.814. The number of carbonyl (C=O) groups excluding carboxylic acids is 1. The molecule has 0 atom stereocenters. The van der Waals surface area contributed by atoms with Crippen LogP contribution in [-0.4, -0.2) is 17.4 Å². The zero-order valence-corrected chi connectivity index (χ0v) is 8.76. The van der Waals surface area contributed by atoms with E-state index in [4.69, 9.17) is 5.73 Å². The van der Waals surface area contributed by atoms with Gasteiger partial charge in [-0.25, -0.2) is 4.98 Å². The van der Waals surface area contributed by atoms with Crippen LogP contribution in [0.4, 0.5) is 5.82 Å². The first-order valence-electron chi connectivity index (χ1n) is 3.74. The van der Waals surface area contributed by atoms with Gasteiger partial charge in [-0.05, 0) is 34.5 Å². The molecule has 1 rings (SSSR count). The van der Waals surface area contributed by atoms with Crippen molar-refractivity contribution in [3.63, 3.8) is 0 Å². The molecule has 0 aliphatic rings. The smallest absolute Gasteiger partial charge is 0.236 e. The van der Waals surface area contributed by atoms with E-state index in [9.17, 15) is 4.79 Å². The summed E-state index contributed by atoms with van der Waals surface area (Å²) in [4.78, 5) is 14.5. The van der Waals surface area contributed by atoms with Crippen LogP contribution in [-0.2, 0) is 4.79 Å². The monoisotopic (exact) mass is 243 g/mol. The van der Waals surface area contributed by atoms with E-state index in [0.717, 1.165) is 10.0 Å². The van der Waals surface area contributed by atoms with E-state index in [1.165, 1.54) is 0 Å². The molecule has 4 nitrogen and oxygen atoms in total. The minimum absolute atomic E-state index is 0.105. The van der Waals surface area contributed by atoms with Gasteiger partial charge in [0.2, 0.25) is 5.91 Å². The number of halogens is 1. The summed E-state index contributed by atoms with van der Waals surface area (Å²) >= 11 is 3.33. The average Bonchev–Trinajstić information content (AvgIpc) is 2.07. The van der Waals surface area contributed by atoms with Gasteiger partial charge in [0.25, 0.3) is 0 Å². The van der Waals surface area contributed by atoms with Crippen molar-refractivity contribution in [2.24, 2.45) is 5.73 Å². The van der Waals surface area contributed by atoms with Crippen molar-refractivity contribution in [3.8, 4) is 0 Å². The Morgan fingerprint density at radius 2 is 2.46 bits per heavy atom. The zero-order valence-electron chi connectivity index (χ0n) is 7.17. The molecular weight excluding hydrogens is 234 g/mol. The van der Waals surface area contributed by atoms with Gasteiger partial charge in [0.15, 0.2) is 0 Å². The number of nitrogens with one attached hydrogen (secondary N) is 1. The molecule has 0 aromatic carbocycles. The summed E-state index contributed by atoms with van der Waals surface area (Å²) in [7, 11) is 0. The Morgan fingerprint density at radius 1 is 1.77 bits per heavy atom. The molecule has 0 spiro atoms. The minimum atomic E-state index is -0.401. The van der Waals surface area contributed by atoms with Crippen LogP contribution in [0, 0.1) is 6.92 Å². The lowest BCUT2D eigenvalue weighted by Gasteiger charge is -2.04. The predicted octanol–water partition coefficient (Wildman–Crippen LogP) is 1.05. The van der Waals surface area contributed by atoms with Gasteiger partial charge in [0.05, 0.1) is 6.54 Å². The number of hydrogen-bond acceptors (Lipinski definition) is 3. The van der Waals surface area contributed by atoms with E-state index in [2.05, 4.69) is 26.2 Å². The van der Waals surface area contributed by atoms with Crippen LogP contribution in [0.25, 0.3) is 0 Å².